The van der Waals surface area contributed by atoms with Crippen molar-refractivity contribution in [1.29, 1.82) is 0 Å². The van der Waals surface area contributed by atoms with Crippen molar-refractivity contribution in [2.75, 3.05) is 12.3 Å². The second kappa shape index (κ2) is 10.9. The van der Waals surface area contributed by atoms with E-state index in [1.807, 2.05) is 32.9 Å². The summed E-state index contributed by atoms with van der Waals surface area (Å²) in [6.45, 7) is 6.34. The number of carbonyl (C=O) groups is 2. The van der Waals surface area contributed by atoms with E-state index in [0.29, 0.717) is 28.9 Å². The van der Waals surface area contributed by atoms with Crippen LogP contribution >= 0.6 is 11.8 Å². The summed E-state index contributed by atoms with van der Waals surface area (Å²) in [5.41, 5.74) is 3.15. The topological polar surface area (TPSA) is 81.1 Å². The van der Waals surface area contributed by atoms with Gasteiger partial charge in [-0.15, -0.1) is 0 Å². The molecule has 4 aromatic rings. The second-order valence-corrected chi connectivity index (χ2v) is 9.48. The minimum Gasteiger partial charge on any atom is -0.352 e. The number of hydrogen-bond donors (Lipinski definition) is 1. The normalized spacial score (nSPS) is 11.0. The van der Waals surface area contributed by atoms with E-state index in [2.05, 4.69) is 10.3 Å². The molecule has 3 aromatic carbocycles. The summed E-state index contributed by atoms with van der Waals surface area (Å²) in [5.74, 6) is -0.822. The van der Waals surface area contributed by atoms with Crippen LogP contribution in [0, 0.1) is 19.7 Å². The van der Waals surface area contributed by atoms with Gasteiger partial charge in [0.25, 0.3) is 11.5 Å². The fraction of sp³-hybridized carbons (Fsp3) is 0.214. The van der Waals surface area contributed by atoms with Gasteiger partial charge in [0.2, 0.25) is 0 Å². The smallest absolute Gasteiger partial charge is 0.266 e. The molecule has 0 atom stereocenters. The van der Waals surface area contributed by atoms with E-state index in [4.69, 9.17) is 0 Å². The summed E-state index contributed by atoms with van der Waals surface area (Å²) in [4.78, 5) is 43.6. The average Bonchev–Trinajstić information content (AvgIpc) is 2.85. The molecule has 1 aromatic heterocycles. The van der Waals surface area contributed by atoms with E-state index in [0.717, 1.165) is 29.3 Å². The molecule has 0 saturated carbocycles. The van der Waals surface area contributed by atoms with Gasteiger partial charge >= 0.3 is 0 Å². The molecule has 1 N–H and O–H groups in total. The third kappa shape index (κ3) is 5.39. The van der Waals surface area contributed by atoms with Gasteiger partial charge in [-0.1, -0.05) is 48.5 Å². The van der Waals surface area contributed by atoms with Crippen molar-refractivity contribution in [3.05, 3.63) is 99.1 Å². The van der Waals surface area contributed by atoms with Crippen LogP contribution in [0.2, 0.25) is 0 Å². The number of fused-ring (bicyclic) bond motifs is 1. The van der Waals surface area contributed by atoms with Crippen LogP contribution in [0.1, 0.15) is 45.2 Å². The standard InChI is InChI=1S/C28H26FN3O3S/c1-4-12-30-26(34)19-9-11-23-24(14-19)31-28(32(27(23)35)21-7-5-6-20(29)15-21)36-16-25(33)22-10-8-17(2)13-18(22)3/h5-11,13-15H,4,12,16H2,1-3H3,(H,30,34). The summed E-state index contributed by atoms with van der Waals surface area (Å²) in [6.07, 6.45) is 0.797. The minimum atomic E-state index is -0.496. The molecule has 8 heteroatoms. The number of amides is 1. The van der Waals surface area contributed by atoms with E-state index >= 15 is 0 Å². The molecule has 184 valence electrons. The first-order chi connectivity index (χ1) is 17.3. The third-order valence-corrected chi connectivity index (χ3v) is 6.66. The van der Waals surface area contributed by atoms with Crippen molar-refractivity contribution in [1.82, 2.24) is 14.9 Å². The number of hydrogen-bond acceptors (Lipinski definition) is 5. The van der Waals surface area contributed by atoms with Gasteiger partial charge in [0.15, 0.2) is 10.9 Å². The summed E-state index contributed by atoms with van der Waals surface area (Å²) >= 11 is 1.10. The fourth-order valence-electron chi connectivity index (χ4n) is 3.92. The van der Waals surface area contributed by atoms with E-state index in [1.54, 1.807) is 30.3 Å². The summed E-state index contributed by atoms with van der Waals surface area (Å²) < 4.78 is 15.4. The van der Waals surface area contributed by atoms with Gasteiger partial charge in [-0.05, 0) is 62.2 Å². The Kier molecular flexibility index (Phi) is 7.64. The van der Waals surface area contributed by atoms with Gasteiger partial charge in [-0.25, -0.2) is 9.37 Å². The molecule has 36 heavy (non-hydrogen) atoms. The first-order valence-corrected chi connectivity index (χ1v) is 12.6. The highest BCUT2D eigenvalue weighted by molar-refractivity contribution is 7.99. The van der Waals surface area contributed by atoms with Crippen LogP contribution in [-0.2, 0) is 0 Å². The van der Waals surface area contributed by atoms with Gasteiger partial charge < -0.3 is 5.32 Å². The maximum atomic E-state index is 14.0. The molecule has 0 fully saturated rings. The summed E-state index contributed by atoms with van der Waals surface area (Å²) in [6, 6.07) is 16.0. The minimum absolute atomic E-state index is 0.0356. The van der Waals surface area contributed by atoms with Gasteiger partial charge in [0.1, 0.15) is 5.82 Å². The molecule has 1 amide bonds. The molecule has 0 aliphatic heterocycles. The zero-order valence-electron chi connectivity index (χ0n) is 20.3. The Labute approximate surface area is 212 Å². The molecular weight excluding hydrogens is 477 g/mol. The summed E-state index contributed by atoms with van der Waals surface area (Å²) in [5, 5.41) is 3.34. The van der Waals surface area contributed by atoms with Crippen LogP contribution in [0.3, 0.4) is 0 Å². The number of aryl methyl sites for hydroxylation is 2. The van der Waals surface area contributed by atoms with Crippen LogP contribution in [0.4, 0.5) is 4.39 Å². The Hall–Kier alpha value is -3.78. The first-order valence-electron chi connectivity index (χ1n) is 11.6. The molecular formula is C28H26FN3O3S. The Morgan fingerprint density at radius 3 is 2.58 bits per heavy atom. The number of nitrogens with zero attached hydrogens (tertiary/aromatic N) is 2. The van der Waals surface area contributed by atoms with Crippen LogP contribution < -0.4 is 10.9 Å². The molecule has 0 aliphatic carbocycles. The molecule has 0 radical (unpaired) electrons. The number of nitrogens with one attached hydrogen (secondary N) is 1. The van der Waals surface area contributed by atoms with Gasteiger partial charge in [-0.2, -0.15) is 0 Å². The Bertz CT molecular complexity index is 1530. The first kappa shape index (κ1) is 25.3. The Morgan fingerprint density at radius 1 is 1.06 bits per heavy atom. The molecule has 0 aliphatic rings. The molecule has 0 unspecified atom stereocenters. The number of Topliss-reactive ketones (excluding diaryl/α,β-unsaturated/α-hetero) is 1. The molecule has 1 heterocycles. The number of thioether (sulfide) groups is 1. The van der Waals surface area contributed by atoms with Crippen LogP contribution in [-0.4, -0.2) is 33.5 Å². The van der Waals surface area contributed by atoms with Crippen molar-refractivity contribution >= 4 is 34.4 Å². The van der Waals surface area contributed by atoms with E-state index < -0.39 is 11.4 Å². The van der Waals surface area contributed by atoms with Crippen molar-refractivity contribution in [3.8, 4) is 5.69 Å². The van der Waals surface area contributed by atoms with Crippen LogP contribution in [0.15, 0.2) is 70.6 Å². The highest BCUT2D eigenvalue weighted by atomic mass is 32.2. The predicted molar refractivity (Wildman–Crippen MR) is 141 cm³/mol. The number of halogens is 1. The monoisotopic (exact) mass is 503 g/mol. The van der Waals surface area contributed by atoms with Crippen molar-refractivity contribution in [2.45, 2.75) is 32.3 Å². The Morgan fingerprint density at radius 2 is 1.86 bits per heavy atom. The highest BCUT2D eigenvalue weighted by Gasteiger charge is 2.18. The molecule has 0 saturated heterocycles. The highest BCUT2D eigenvalue weighted by Crippen LogP contribution is 2.24. The van der Waals surface area contributed by atoms with E-state index in [-0.39, 0.29) is 28.0 Å². The maximum Gasteiger partial charge on any atom is 0.266 e. The summed E-state index contributed by atoms with van der Waals surface area (Å²) in [7, 11) is 0. The van der Waals surface area contributed by atoms with Crippen molar-refractivity contribution < 1.29 is 14.0 Å². The lowest BCUT2D eigenvalue weighted by Crippen LogP contribution is -2.25. The zero-order valence-corrected chi connectivity index (χ0v) is 21.1. The van der Waals surface area contributed by atoms with Crippen molar-refractivity contribution in [2.24, 2.45) is 0 Å². The quantitative estimate of drug-likeness (QED) is 0.202. The van der Waals surface area contributed by atoms with Gasteiger partial charge in [0, 0.05) is 17.7 Å². The van der Waals surface area contributed by atoms with Gasteiger partial charge in [-0.3, -0.25) is 19.0 Å². The number of aromatic nitrogens is 2. The number of carbonyl (C=O) groups excluding carboxylic acids is 2. The maximum absolute atomic E-state index is 14.0. The predicted octanol–water partition coefficient (Wildman–Crippen LogP) is 5.26. The average molecular weight is 504 g/mol. The Balaban J connectivity index is 1.78. The SMILES string of the molecule is CCCNC(=O)c1ccc2c(=O)n(-c3cccc(F)c3)c(SCC(=O)c3ccc(C)cc3C)nc2c1. The molecule has 0 spiro atoms. The molecule has 6 nitrogen and oxygen atoms in total. The second-order valence-electron chi connectivity index (χ2n) is 8.53. The number of benzene rings is 3. The lowest BCUT2D eigenvalue weighted by Gasteiger charge is -2.14. The number of rotatable bonds is 8. The molecule has 0 bridgehead atoms. The van der Waals surface area contributed by atoms with E-state index in [1.165, 1.54) is 22.8 Å². The van der Waals surface area contributed by atoms with Gasteiger partial charge in [0.05, 0.1) is 22.3 Å². The van der Waals surface area contributed by atoms with Crippen molar-refractivity contribution in [3.63, 3.8) is 0 Å². The lowest BCUT2D eigenvalue weighted by molar-refractivity contribution is 0.0952. The van der Waals surface area contributed by atoms with E-state index in [9.17, 15) is 18.8 Å². The van der Waals surface area contributed by atoms with Crippen LogP contribution in [0.25, 0.3) is 16.6 Å². The van der Waals surface area contributed by atoms with Crippen LogP contribution in [0.5, 0.6) is 0 Å². The zero-order chi connectivity index (χ0) is 25.8. The number of ketones is 1. The third-order valence-electron chi connectivity index (χ3n) is 5.72. The molecule has 4 rings (SSSR count). The fourth-order valence-corrected chi connectivity index (χ4v) is 4.82. The lowest BCUT2D eigenvalue weighted by atomic mass is 10.0. The largest absolute Gasteiger partial charge is 0.352 e.